The van der Waals surface area contributed by atoms with E-state index in [2.05, 4.69) is 41.3 Å². The van der Waals surface area contributed by atoms with Gasteiger partial charge in [0.05, 0.1) is 5.56 Å². The molecule has 0 aliphatic carbocycles. The molecule has 0 aliphatic rings. The summed E-state index contributed by atoms with van der Waals surface area (Å²) < 4.78 is 5.28. The van der Waals surface area contributed by atoms with Crippen LogP contribution in [0.1, 0.15) is 17.0 Å². The smallest absolute Gasteiger partial charge is 0.260 e. The summed E-state index contributed by atoms with van der Waals surface area (Å²) in [6.07, 6.45) is 0.622. The van der Waals surface area contributed by atoms with Gasteiger partial charge in [0.15, 0.2) is 5.82 Å². The van der Waals surface area contributed by atoms with E-state index in [1.54, 1.807) is 18.2 Å². The first-order valence-corrected chi connectivity index (χ1v) is 6.93. The van der Waals surface area contributed by atoms with Crippen LogP contribution in [0.15, 0.2) is 47.0 Å². The zero-order chi connectivity index (χ0) is 14.8. The summed E-state index contributed by atoms with van der Waals surface area (Å²) in [6, 6.07) is 13.4. The zero-order valence-corrected chi connectivity index (χ0v) is 12.3. The highest BCUT2D eigenvalue weighted by Crippen LogP contribution is 2.27. The Balaban J connectivity index is 1.84. The summed E-state index contributed by atoms with van der Waals surface area (Å²) >= 11 is 5.88. The van der Waals surface area contributed by atoms with Crippen molar-refractivity contribution in [2.45, 2.75) is 13.3 Å². The summed E-state index contributed by atoms with van der Waals surface area (Å²) in [4.78, 5) is 4.39. The van der Waals surface area contributed by atoms with Gasteiger partial charge in [-0.1, -0.05) is 46.6 Å². The Morgan fingerprint density at radius 2 is 1.90 bits per heavy atom. The normalized spacial score (nSPS) is 10.8. The predicted molar refractivity (Wildman–Crippen MR) is 83.1 cm³/mol. The number of nitrogens with zero attached hydrogens (tertiary/aromatic N) is 2. The van der Waals surface area contributed by atoms with Gasteiger partial charge in [0.1, 0.15) is 0 Å². The molecule has 0 spiro atoms. The van der Waals surface area contributed by atoms with E-state index in [9.17, 15) is 0 Å². The lowest BCUT2D eigenvalue weighted by atomic mass is 10.1. The number of hydrogen-bond donors (Lipinski definition) is 1. The average molecular weight is 300 g/mol. The van der Waals surface area contributed by atoms with E-state index in [1.807, 2.05) is 0 Å². The Morgan fingerprint density at radius 1 is 1.14 bits per heavy atom. The van der Waals surface area contributed by atoms with Crippen molar-refractivity contribution < 1.29 is 4.52 Å². The first kappa shape index (κ1) is 13.6. The molecular weight excluding hydrogens is 286 g/mol. The van der Waals surface area contributed by atoms with Gasteiger partial charge >= 0.3 is 0 Å². The van der Waals surface area contributed by atoms with Gasteiger partial charge in [-0.15, -0.1) is 0 Å². The van der Waals surface area contributed by atoms with Crippen molar-refractivity contribution in [1.29, 1.82) is 0 Å². The van der Waals surface area contributed by atoms with E-state index in [-0.39, 0.29) is 0 Å². The van der Waals surface area contributed by atoms with Crippen molar-refractivity contribution in [3.63, 3.8) is 0 Å². The molecule has 0 bridgehead atoms. The fourth-order valence-electron chi connectivity index (χ4n) is 2.05. The number of benzene rings is 2. The van der Waals surface area contributed by atoms with E-state index >= 15 is 0 Å². The Labute approximate surface area is 127 Å². The maximum atomic E-state index is 5.92. The van der Waals surface area contributed by atoms with E-state index in [0.717, 1.165) is 5.56 Å². The van der Waals surface area contributed by atoms with Crippen LogP contribution >= 0.6 is 11.6 Å². The first-order valence-electron chi connectivity index (χ1n) is 6.55. The fraction of sp³-hybridized carbons (Fsp3) is 0.125. The van der Waals surface area contributed by atoms with E-state index < -0.39 is 0 Å². The minimum Gasteiger partial charge on any atom is -0.398 e. The molecule has 0 aliphatic heterocycles. The molecule has 2 N–H and O–H groups in total. The third kappa shape index (κ3) is 3.06. The number of aromatic nitrogens is 2. The van der Waals surface area contributed by atoms with Crippen molar-refractivity contribution >= 4 is 17.3 Å². The third-order valence-electron chi connectivity index (χ3n) is 3.19. The Kier molecular flexibility index (Phi) is 3.62. The van der Waals surface area contributed by atoms with E-state index in [4.69, 9.17) is 21.9 Å². The van der Waals surface area contributed by atoms with Crippen LogP contribution in [0.4, 0.5) is 5.69 Å². The molecule has 0 amide bonds. The van der Waals surface area contributed by atoms with Gasteiger partial charge in [-0.3, -0.25) is 0 Å². The first-order chi connectivity index (χ1) is 10.1. The van der Waals surface area contributed by atoms with Crippen LogP contribution in [0, 0.1) is 6.92 Å². The number of anilines is 1. The second kappa shape index (κ2) is 5.58. The molecule has 4 nitrogen and oxygen atoms in total. The molecule has 106 valence electrons. The van der Waals surface area contributed by atoms with Gasteiger partial charge < -0.3 is 10.3 Å². The van der Waals surface area contributed by atoms with Gasteiger partial charge in [-0.05, 0) is 30.7 Å². The molecule has 1 aromatic heterocycles. The topological polar surface area (TPSA) is 64.9 Å². The van der Waals surface area contributed by atoms with Gasteiger partial charge in [-0.25, -0.2) is 0 Å². The molecule has 0 saturated heterocycles. The van der Waals surface area contributed by atoms with E-state index in [1.165, 1.54) is 5.56 Å². The van der Waals surface area contributed by atoms with Crippen molar-refractivity contribution in [3.05, 3.63) is 64.4 Å². The van der Waals surface area contributed by atoms with Crippen molar-refractivity contribution in [1.82, 2.24) is 10.1 Å². The Hall–Kier alpha value is -2.33. The molecule has 0 atom stereocenters. The third-order valence-corrected chi connectivity index (χ3v) is 3.43. The lowest BCUT2D eigenvalue weighted by Crippen LogP contribution is -1.92. The number of nitrogens with two attached hydrogens (primary N) is 1. The van der Waals surface area contributed by atoms with Crippen LogP contribution in [0.2, 0.25) is 5.02 Å². The molecule has 3 aromatic rings. The number of halogens is 1. The predicted octanol–water partition coefficient (Wildman–Crippen LogP) is 3.87. The van der Waals surface area contributed by atoms with Crippen molar-refractivity contribution in [2.75, 3.05) is 5.73 Å². The molecule has 5 heteroatoms. The maximum Gasteiger partial charge on any atom is 0.260 e. The van der Waals surface area contributed by atoms with Gasteiger partial charge in [0, 0.05) is 17.1 Å². The second-order valence-corrected chi connectivity index (χ2v) is 5.35. The van der Waals surface area contributed by atoms with Crippen LogP contribution in [0.3, 0.4) is 0 Å². The van der Waals surface area contributed by atoms with Crippen LogP contribution in [0.25, 0.3) is 11.5 Å². The lowest BCUT2D eigenvalue weighted by molar-refractivity contribution is 0.424. The standard InChI is InChI=1S/C16H14ClN3O/c1-10-2-4-11(5-3-10)8-15-19-16(21-20-15)13-7-6-12(17)9-14(13)18/h2-7,9H,8,18H2,1H3. The Bertz CT molecular complexity index is 765. The average Bonchev–Trinajstić information content (AvgIpc) is 2.90. The molecule has 0 radical (unpaired) electrons. The summed E-state index contributed by atoms with van der Waals surface area (Å²) in [5, 5.41) is 4.58. The molecule has 0 saturated carbocycles. The Morgan fingerprint density at radius 3 is 2.62 bits per heavy atom. The van der Waals surface area contributed by atoms with Crippen LogP contribution in [-0.2, 0) is 6.42 Å². The van der Waals surface area contributed by atoms with Crippen LogP contribution in [-0.4, -0.2) is 10.1 Å². The maximum absolute atomic E-state index is 5.92. The monoisotopic (exact) mass is 299 g/mol. The largest absolute Gasteiger partial charge is 0.398 e. The van der Waals surface area contributed by atoms with Gasteiger partial charge in [-0.2, -0.15) is 4.98 Å². The number of nitrogen functional groups attached to an aromatic ring is 1. The quantitative estimate of drug-likeness (QED) is 0.746. The number of hydrogen-bond acceptors (Lipinski definition) is 4. The second-order valence-electron chi connectivity index (χ2n) is 4.91. The fourth-order valence-corrected chi connectivity index (χ4v) is 2.23. The van der Waals surface area contributed by atoms with Crippen molar-refractivity contribution in [3.8, 4) is 11.5 Å². The molecule has 21 heavy (non-hydrogen) atoms. The molecular formula is C16H14ClN3O. The minimum atomic E-state index is 0.409. The summed E-state index contributed by atoms with van der Waals surface area (Å²) in [5.74, 6) is 1.04. The summed E-state index contributed by atoms with van der Waals surface area (Å²) in [5.41, 5.74) is 9.50. The van der Waals surface area contributed by atoms with Crippen molar-refractivity contribution in [2.24, 2.45) is 0 Å². The molecule has 3 rings (SSSR count). The van der Waals surface area contributed by atoms with Gasteiger partial charge in [0.25, 0.3) is 5.89 Å². The van der Waals surface area contributed by atoms with Gasteiger partial charge in [0.2, 0.25) is 0 Å². The lowest BCUT2D eigenvalue weighted by Gasteiger charge is -2.00. The molecule has 1 heterocycles. The number of aryl methyl sites for hydroxylation is 1. The highest BCUT2D eigenvalue weighted by atomic mass is 35.5. The number of rotatable bonds is 3. The SMILES string of the molecule is Cc1ccc(Cc2noc(-c3ccc(Cl)cc3N)n2)cc1. The van der Waals surface area contributed by atoms with E-state index in [0.29, 0.717) is 34.4 Å². The highest BCUT2D eigenvalue weighted by Gasteiger charge is 2.12. The van der Waals surface area contributed by atoms with Crippen LogP contribution < -0.4 is 5.73 Å². The molecule has 0 unspecified atom stereocenters. The molecule has 2 aromatic carbocycles. The van der Waals surface area contributed by atoms with Crippen LogP contribution in [0.5, 0.6) is 0 Å². The minimum absolute atomic E-state index is 0.409. The molecule has 0 fully saturated rings. The highest BCUT2D eigenvalue weighted by molar-refractivity contribution is 6.31. The summed E-state index contributed by atoms with van der Waals surface area (Å²) in [7, 11) is 0. The summed E-state index contributed by atoms with van der Waals surface area (Å²) in [6.45, 7) is 2.06. The zero-order valence-electron chi connectivity index (χ0n) is 11.5.